The Morgan fingerprint density at radius 1 is 0.288 bits per heavy atom. The van der Waals surface area contributed by atoms with Crippen LogP contribution in [0.15, 0.2) is 182 Å². The quantitative estimate of drug-likeness (QED) is 0.0169. The van der Waals surface area contributed by atoms with Gasteiger partial charge >= 0.3 is 39.5 Å². The fraction of sp³-hybridized carbons (Fsp3) is 0.600. The Labute approximate surface area is 628 Å². The highest BCUT2D eigenvalue weighted by Gasteiger charge is 2.30. The number of carbonyl (C=O) groups excluding carboxylic acids is 4. The summed E-state index contributed by atoms with van der Waals surface area (Å²) in [6.45, 7) is 4.30. The van der Waals surface area contributed by atoms with Crippen molar-refractivity contribution in [3.8, 4) is 0 Å². The molecule has 17 nitrogen and oxygen atoms in total. The van der Waals surface area contributed by atoms with Gasteiger partial charge in [-0.3, -0.25) is 37.3 Å². The summed E-state index contributed by atoms with van der Waals surface area (Å²) in [7, 11) is -10.0. The molecule has 0 aliphatic carbocycles. The molecule has 0 saturated carbocycles. The Morgan fingerprint density at radius 3 is 0.875 bits per heavy atom. The van der Waals surface area contributed by atoms with Gasteiger partial charge in [-0.05, 0) is 161 Å². The molecule has 0 spiro atoms. The lowest BCUT2D eigenvalue weighted by atomic mass is 10.1. The van der Waals surface area contributed by atoms with E-state index in [0.29, 0.717) is 25.7 Å². The summed E-state index contributed by atoms with van der Waals surface area (Å²) in [5, 5.41) is 10.6. The Balaban J connectivity index is 5.50. The number of phosphoric acid groups is 2. The second-order valence-corrected chi connectivity index (χ2v) is 28.1. The average molecular weight is 1490 g/mol. The van der Waals surface area contributed by atoms with Crippen molar-refractivity contribution in [2.45, 2.75) is 290 Å². The minimum atomic E-state index is -5.01. The van der Waals surface area contributed by atoms with E-state index in [1.54, 1.807) is 6.08 Å². The van der Waals surface area contributed by atoms with Crippen LogP contribution in [-0.2, 0) is 65.4 Å². The second-order valence-electron chi connectivity index (χ2n) is 25.2. The molecular weight excluding hydrogens is 1350 g/mol. The van der Waals surface area contributed by atoms with E-state index in [1.807, 2.05) is 18.2 Å². The van der Waals surface area contributed by atoms with Crippen molar-refractivity contribution >= 4 is 39.5 Å². The van der Waals surface area contributed by atoms with Gasteiger partial charge in [0.25, 0.3) is 0 Å². The van der Waals surface area contributed by atoms with Crippen molar-refractivity contribution in [3.05, 3.63) is 182 Å². The first-order valence-corrected chi connectivity index (χ1v) is 42.0. The second kappa shape index (κ2) is 75.4. The van der Waals surface area contributed by atoms with Crippen LogP contribution in [-0.4, -0.2) is 96.7 Å². The van der Waals surface area contributed by atoms with Crippen LogP contribution in [0, 0.1) is 0 Å². The van der Waals surface area contributed by atoms with Crippen LogP contribution in [0.2, 0.25) is 0 Å². The first-order valence-electron chi connectivity index (χ1n) is 39.0. The first kappa shape index (κ1) is 98.2. The molecule has 0 saturated heterocycles. The maximum atomic E-state index is 13.1. The summed E-state index contributed by atoms with van der Waals surface area (Å²) in [5.41, 5.74) is 0. The maximum Gasteiger partial charge on any atom is 0.472 e. The number of rotatable bonds is 71. The molecule has 0 fully saturated rings. The normalized spacial score (nSPS) is 14.9. The third kappa shape index (κ3) is 74.4. The van der Waals surface area contributed by atoms with E-state index >= 15 is 0 Å². The molecule has 0 aliphatic rings. The molecule has 104 heavy (non-hydrogen) atoms. The molecule has 3 N–H and O–H groups in total. The van der Waals surface area contributed by atoms with Crippen LogP contribution < -0.4 is 0 Å². The standard InChI is InChI=1S/C85H136O17P2/c1-5-9-13-17-21-25-29-33-36-38-39-41-43-47-50-54-58-62-66-70-83(88)96-76-81(102-85(90)72-68-64-60-56-52-48-44-40-37-34-30-26-22-18-14-10-6-2)78-100-104(93,94)98-74-79(86)73-97-103(91,92)99-77-80(101-84(89)71-67-63-59-55-51-45-32-28-24-20-16-12-8-4)75-95-82(87)69-65-61-57-53-49-46-42-35-31-27-23-19-15-11-7-3/h9-11,13-15,21-23,25-28,32-37,39,41-42,44,47-50,53,61,65,79-81,86H,5-8,12,16-20,24,29-31,38,40,43,45-46,51-52,54-60,62-64,66-78H2,1-4H3,(H,91,92)(H,93,94)/b13-9-,14-10-,15-11-,25-21-,26-22-,27-23-,32-28-,36-33-,37-34-,41-39-,42-35-,48-44-,50-47-,53-49-,65-61-. The highest BCUT2D eigenvalue weighted by molar-refractivity contribution is 7.47. The Morgan fingerprint density at radius 2 is 0.538 bits per heavy atom. The van der Waals surface area contributed by atoms with Crippen LogP contribution in [0.5, 0.6) is 0 Å². The van der Waals surface area contributed by atoms with Crippen molar-refractivity contribution in [1.29, 1.82) is 0 Å². The molecule has 5 unspecified atom stereocenters. The number of allylic oxidation sites excluding steroid dienone is 29. The van der Waals surface area contributed by atoms with Gasteiger partial charge in [0.05, 0.1) is 32.8 Å². The molecule has 588 valence electrons. The summed E-state index contributed by atoms with van der Waals surface area (Å²) < 4.78 is 68.4. The van der Waals surface area contributed by atoms with E-state index in [0.717, 1.165) is 167 Å². The minimum absolute atomic E-state index is 0.0496. The van der Waals surface area contributed by atoms with Crippen LogP contribution in [0.4, 0.5) is 0 Å². The number of hydrogen-bond donors (Lipinski definition) is 3. The van der Waals surface area contributed by atoms with E-state index in [-0.39, 0.29) is 25.7 Å². The molecule has 0 aromatic rings. The number of ether oxygens (including phenoxy) is 4. The number of aliphatic hydroxyl groups excluding tert-OH is 1. The minimum Gasteiger partial charge on any atom is -0.462 e. The van der Waals surface area contributed by atoms with Gasteiger partial charge in [0, 0.05) is 19.3 Å². The van der Waals surface area contributed by atoms with E-state index in [2.05, 4.69) is 186 Å². The van der Waals surface area contributed by atoms with Gasteiger partial charge in [-0.25, -0.2) is 9.13 Å². The Hall–Kier alpha value is -5.84. The van der Waals surface area contributed by atoms with Gasteiger partial charge in [0.1, 0.15) is 19.3 Å². The topological polar surface area (TPSA) is 237 Å². The summed E-state index contributed by atoms with van der Waals surface area (Å²) in [4.78, 5) is 72.9. The number of aliphatic hydroxyl groups is 1. The van der Waals surface area contributed by atoms with Crippen molar-refractivity contribution in [2.24, 2.45) is 0 Å². The average Bonchev–Trinajstić information content (AvgIpc) is 0.911. The molecule has 0 heterocycles. The highest BCUT2D eigenvalue weighted by Crippen LogP contribution is 2.45. The van der Waals surface area contributed by atoms with Crippen LogP contribution >= 0.6 is 15.6 Å². The largest absolute Gasteiger partial charge is 0.472 e. The zero-order chi connectivity index (χ0) is 76.0. The smallest absolute Gasteiger partial charge is 0.462 e. The molecule has 0 bridgehead atoms. The molecule has 19 heteroatoms. The Kier molecular flexibility index (Phi) is 71.2. The molecule has 0 radical (unpaired) electrons. The third-order valence-electron chi connectivity index (χ3n) is 15.4. The SMILES string of the molecule is CC/C=C\C/C=C\C/C=C\C/C=C\C/C=C\CCCCCC(=O)OCC(COP(=O)(O)OCC(O)COP(=O)(O)OCC(COC(=O)C/C=C\C/C=C\C/C=C\C/C=C\C/C=C\CC)OC(=O)CCCCCCC/C=C\CCCCCC)OC(=O)CCCCCC/C=C\C/C=C\C/C=C\C/C=C\CC. The first-order chi connectivity index (χ1) is 50.7. The Bertz CT molecular complexity index is 2690. The molecule has 0 aromatic heterocycles. The van der Waals surface area contributed by atoms with Gasteiger partial charge in [-0.1, -0.05) is 268 Å². The highest BCUT2D eigenvalue weighted by atomic mass is 31.2. The van der Waals surface area contributed by atoms with E-state index in [9.17, 15) is 43.2 Å². The van der Waals surface area contributed by atoms with Gasteiger partial charge in [-0.15, -0.1) is 0 Å². The van der Waals surface area contributed by atoms with Crippen molar-refractivity contribution < 1.29 is 80.2 Å². The van der Waals surface area contributed by atoms with Crippen LogP contribution in [0.25, 0.3) is 0 Å². The molecule has 5 atom stereocenters. The van der Waals surface area contributed by atoms with Crippen LogP contribution in [0.1, 0.15) is 272 Å². The summed E-state index contributed by atoms with van der Waals surface area (Å²) in [6, 6.07) is 0. The molecule has 0 amide bonds. The lowest BCUT2D eigenvalue weighted by molar-refractivity contribution is -0.161. The predicted molar refractivity (Wildman–Crippen MR) is 426 cm³/mol. The lowest BCUT2D eigenvalue weighted by Gasteiger charge is -2.21. The molecule has 0 aliphatic heterocycles. The molecule has 0 aromatic carbocycles. The van der Waals surface area contributed by atoms with Gasteiger partial charge < -0.3 is 33.8 Å². The molecular formula is C85H136O17P2. The van der Waals surface area contributed by atoms with Crippen molar-refractivity contribution in [2.75, 3.05) is 39.6 Å². The number of unbranched alkanes of at least 4 members (excludes halogenated alkanes) is 16. The monoisotopic (exact) mass is 1490 g/mol. The van der Waals surface area contributed by atoms with Gasteiger partial charge in [-0.2, -0.15) is 0 Å². The summed E-state index contributed by atoms with van der Waals surface area (Å²) >= 11 is 0. The number of esters is 4. The summed E-state index contributed by atoms with van der Waals surface area (Å²) in [6.07, 6.45) is 90.5. The van der Waals surface area contributed by atoms with Crippen LogP contribution in [0.3, 0.4) is 0 Å². The van der Waals surface area contributed by atoms with Crippen molar-refractivity contribution in [3.63, 3.8) is 0 Å². The predicted octanol–water partition coefficient (Wildman–Crippen LogP) is 22.8. The zero-order valence-corrected chi connectivity index (χ0v) is 65.9. The van der Waals surface area contributed by atoms with Gasteiger partial charge in [0.2, 0.25) is 0 Å². The molecule has 0 rings (SSSR count). The fourth-order valence-corrected chi connectivity index (χ4v) is 11.1. The number of phosphoric ester groups is 2. The van der Waals surface area contributed by atoms with Gasteiger partial charge in [0.15, 0.2) is 12.2 Å². The maximum absolute atomic E-state index is 13.1. The van der Waals surface area contributed by atoms with E-state index in [1.165, 1.54) is 25.7 Å². The lowest BCUT2D eigenvalue weighted by Crippen LogP contribution is -2.30. The third-order valence-corrected chi connectivity index (χ3v) is 17.3. The van der Waals surface area contributed by atoms with Crippen molar-refractivity contribution in [1.82, 2.24) is 0 Å². The number of hydrogen-bond acceptors (Lipinski definition) is 15. The fourth-order valence-electron chi connectivity index (χ4n) is 9.54. The number of carbonyl (C=O) groups is 4. The van der Waals surface area contributed by atoms with E-state index < -0.39 is 97.5 Å². The van der Waals surface area contributed by atoms with E-state index in [4.69, 9.17) is 37.0 Å². The summed E-state index contributed by atoms with van der Waals surface area (Å²) in [5.74, 6) is -2.41. The zero-order valence-electron chi connectivity index (χ0n) is 64.1.